The molecule has 1 aromatic rings. The van der Waals surface area contributed by atoms with Gasteiger partial charge in [-0.1, -0.05) is 0 Å². The molecule has 3 nitrogen and oxygen atoms in total. The minimum absolute atomic E-state index is 0.0773. The maximum atomic E-state index is 13.6. The molecule has 1 saturated carbocycles. The third kappa shape index (κ3) is 2.81. The van der Waals surface area contributed by atoms with Gasteiger partial charge in [0, 0.05) is 24.6 Å². The zero-order valence-electron chi connectivity index (χ0n) is 9.87. The van der Waals surface area contributed by atoms with E-state index in [0.717, 1.165) is 6.20 Å². The van der Waals surface area contributed by atoms with Crippen molar-refractivity contribution in [3.8, 4) is 0 Å². The largest absolute Gasteiger partial charge is 0.271 e. The first-order valence-electron chi connectivity index (χ1n) is 5.97. The Balaban J connectivity index is 2.13. The molecule has 3 N–H and O–H groups in total. The Bertz CT molecular complexity index is 401. The number of alkyl halides is 2. The van der Waals surface area contributed by atoms with Crippen molar-refractivity contribution in [2.45, 2.75) is 37.6 Å². The number of pyridine rings is 1. The van der Waals surface area contributed by atoms with Crippen LogP contribution in [0.2, 0.25) is 0 Å². The molecule has 0 radical (unpaired) electrons. The first-order valence-corrected chi connectivity index (χ1v) is 5.97. The van der Waals surface area contributed by atoms with Crippen LogP contribution in [0.4, 0.5) is 13.2 Å². The highest BCUT2D eigenvalue weighted by Gasteiger charge is 2.38. The molecule has 1 unspecified atom stereocenters. The Morgan fingerprint density at radius 3 is 2.61 bits per heavy atom. The third-order valence-electron chi connectivity index (χ3n) is 3.55. The van der Waals surface area contributed by atoms with Crippen molar-refractivity contribution >= 4 is 0 Å². The molecule has 1 atom stereocenters. The van der Waals surface area contributed by atoms with Crippen LogP contribution < -0.4 is 11.3 Å². The van der Waals surface area contributed by atoms with Crippen molar-refractivity contribution in [1.29, 1.82) is 0 Å². The van der Waals surface area contributed by atoms with Crippen LogP contribution in [0.25, 0.3) is 0 Å². The summed E-state index contributed by atoms with van der Waals surface area (Å²) < 4.78 is 39.8. The van der Waals surface area contributed by atoms with Crippen molar-refractivity contribution in [1.82, 2.24) is 10.4 Å². The lowest BCUT2D eigenvalue weighted by Crippen LogP contribution is -2.37. The van der Waals surface area contributed by atoms with Crippen LogP contribution in [0.5, 0.6) is 0 Å². The zero-order chi connectivity index (χ0) is 13.2. The molecule has 1 aliphatic carbocycles. The Labute approximate surface area is 104 Å². The topological polar surface area (TPSA) is 50.9 Å². The van der Waals surface area contributed by atoms with Crippen LogP contribution in [-0.4, -0.2) is 10.9 Å². The van der Waals surface area contributed by atoms with Gasteiger partial charge in [0.25, 0.3) is 0 Å². The van der Waals surface area contributed by atoms with Crippen LogP contribution >= 0.6 is 0 Å². The summed E-state index contributed by atoms with van der Waals surface area (Å²) in [6, 6.07) is 1.09. The van der Waals surface area contributed by atoms with Gasteiger partial charge in [-0.3, -0.25) is 16.3 Å². The summed E-state index contributed by atoms with van der Waals surface area (Å²) in [6.07, 6.45) is 2.93. The van der Waals surface area contributed by atoms with Crippen LogP contribution in [0.15, 0.2) is 18.5 Å². The highest BCUT2D eigenvalue weighted by Crippen LogP contribution is 2.41. The number of rotatable bonds is 3. The van der Waals surface area contributed by atoms with Gasteiger partial charge in [0.1, 0.15) is 5.82 Å². The van der Waals surface area contributed by atoms with E-state index in [1.54, 1.807) is 0 Å². The SMILES string of the molecule is NNC(c1ccncc1F)C1CCC(F)(F)CC1. The van der Waals surface area contributed by atoms with Gasteiger partial charge in [0.05, 0.1) is 12.2 Å². The normalized spacial score (nSPS) is 21.8. The molecule has 100 valence electrons. The second kappa shape index (κ2) is 5.24. The van der Waals surface area contributed by atoms with Crippen LogP contribution in [-0.2, 0) is 0 Å². The fraction of sp³-hybridized carbons (Fsp3) is 0.583. The molecule has 0 aliphatic heterocycles. The van der Waals surface area contributed by atoms with E-state index in [1.165, 1.54) is 12.3 Å². The van der Waals surface area contributed by atoms with Gasteiger partial charge in [-0.15, -0.1) is 0 Å². The molecule has 0 spiro atoms. The van der Waals surface area contributed by atoms with E-state index >= 15 is 0 Å². The first kappa shape index (κ1) is 13.3. The Kier molecular flexibility index (Phi) is 3.87. The maximum Gasteiger partial charge on any atom is 0.248 e. The summed E-state index contributed by atoms with van der Waals surface area (Å²) in [5.41, 5.74) is 2.93. The molecular formula is C12H16F3N3. The number of nitrogens with one attached hydrogen (secondary N) is 1. The average molecular weight is 259 g/mol. The molecule has 0 aromatic carbocycles. The van der Waals surface area contributed by atoms with Gasteiger partial charge < -0.3 is 0 Å². The highest BCUT2D eigenvalue weighted by atomic mass is 19.3. The number of aromatic nitrogens is 1. The minimum atomic E-state index is -2.59. The summed E-state index contributed by atoms with van der Waals surface area (Å²) in [5, 5.41) is 0. The number of halogens is 3. The summed E-state index contributed by atoms with van der Waals surface area (Å²) in [7, 11) is 0. The molecule has 2 rings (SSSR count). The van der Waals surface area contributed by atoms with E-state index in [2.05, 4.69) is 10.4 Å². The predicted octanol–water partition coefficient (Wildman–Crippen LogP) is 2.55. The van der Waals surface area contributed by atoms with Gasteiger partial charge in [-0.25, -0.2) is 13.2 Å². The molecule has 1 heterocycles. The quantitative estimate of drug-likeness (QED) is 0.648. The van der Waals surface area contributed by atoms with Gasteiger partial charge in [-0.05, 0) is 24.8 Å². The molecule has 6 heteroatoms. The van der Waals surface area contributed by atoms with Gasteiger partial charge in [-0.2, -0.15) is 0 Å². The van der Waals surface area contributed by atoms with Crippen LogP contribution in [0.1, 0.15) is 37.3 Å². The molecule has 0 saturated heterocycles. The minimum Gasteiger partial charge on any atom is -0.271 e. The van der Waals surface area contributed by atoms with Gasteiger partial charge in [0.2, 0.25) is 5.92 Å². The number of hydrogen-bond acceptors (Lipinski definition) is 3. The van der Waals surface area contributed by atoms with Crippen molar-refractivity contribution in [2.75, 3.05) is 0 Å². The lowest BCUT2D eigenvalue weighted by Gasteiger charge is -2.33. The standard InChI is InChI=1S/C12H16F3N3/c13-10-7-17-6-3-9(10)11(18-16)8-1-4-12(14,15)5-2-8/h3,6-8,11,18H,1-2,4-5,16H2. The fourth-order valence-electron chi connectivity index (χ4n) is 2.51. The molecule has 1 fully saturated rings. The number of nitrogens with zero attached hydrogens (tertiary/aromatic N) is 1. The monoisotopic (exact) mass is 259 g/mol. The Morgan fingerprint density at radius 1 is 1.39 bits per heavy atom. The van der Waals surface area contributed by atoms with Crippen molar-refractivity contribution in [3.05, 3.63) is 29.8 Å². The fourth-order valence-corrected chi connectivity index (χ4v) is 2.51. The summed E-state index contributed by atoms with van der Waals surface area (Å²) in [6.45, 7) is 0. The zero-order valence-corrected chi connectivity index (χ0v) is 9.87. The van der Waals surface area contributed by atoms with Gasteiger partial charge in [0.15, 0.2) is 0 Å². The van der Waals surface area contributed by atoms with Crippen LogP contribution in [0, 0.1) is 11.7 Å². The summed E-state index contributed by atoms with van der Waals surface area (Å²) in [5.74, 6) is 2.32. The van der Waals surface area contributed by atoms with E-state index in [4.69, 9.17) is 5.84 Å². The van der Waals surface area contributed by atoms with E-state index in [-0.39, 0.29) is 18.8 Å². The van der Waals surface area contributed by atoms with Crippen molar-refractivity contribution < 1.29 is 13.2 Å². The van der Waals surface area contributed by atoms with Crippen LogP contribution in [0.3, 0.4) is 0 Å². The third-order valence-corrected chi connectivity index (χ3v) is 3.55. The summed E-state index contributed by atoms with van der Waals surface area (Å²) in [4.78, 5) is 3.67. The molecule has 1 aliphatic rings. The number of hydrazine groups is 1. The van der Waals surface area contributed by atoms with Crippen molar-refractivity contribution in [2.24, 2.45) is 11.8 Å². The lowest BCUT2D eigenvalue weighted by atomic mass is 9.80. The number of nitrogens with two attached hydrogens (primary N) is 1. The van der Waals surface area contributed by atoms with E-state index in [9.17, 15) is 13.2 Å². The van der Waals surface area contributed by atoms with E-state index in [1.807, 2.05) is 0 Å². The Morgan fingerprint density at radius 2 is 2.06 bits per heavy atom. The van der Waals surface area contributed by atoms with E-state index in [0.29, 0.717) is 18.4 Å². The van der Waals surface area contributed by atoms with Crippen molar-refractivity contribution in [3.63, 3.8) is 0 Å². The molecule has 18 heavy (non-hydrogen) atoms. The molecular weight excluding hydrogens is 243 g/mol. The maximum absolute atomic E-state index is 13.6. The average Bonchev–Trinajstić information content (AvgIpc) is 2.34. The molecule has 1 aromatic heterocycles. The second-order valence-electron chi connectivity index (χ2n) is 4.73. The first-order chi connectivity index (χ1) is 8.53. The highest BCUT2D eigenvalue weighted by molar-refractivity contribution is 5.18. The lowest BCUT2D eigenvalue weighted by molar-refractivity contribution is -0.0499. The Hall–Kier alpha value is -1.14. The molecule has 0 bridgehead atoms. The van der Waals surface area contributed by atoms with Gasteiger partial charge >= 0.3 is 0 Å². The predicted molar refractivity (Wildman–Crippen MR) is 61.2 cm³/mol. The second-order valence-corrected chi connectivity index (χ2v) is 4.73. The summed E-state index contributed by atoms with van der Waals surface area (Å²) >= 11 is 0. The molecule has 0 amide bonds. The van der Waals surface area contributed by atoms with E-state index < -0.39 is 17.8 Å². The smallest absolute Gasteiger partial charge is 0.248 e. The number of hydrogen-bond donors (Lipinski definition) is 2.